The van der Waals surface area contributed by atoms with E-state index in [2.05, 4.69) is 52.3 Å². The average molecular weight is 541 g/mol. The molecule has 0 amide bonds. The van der Waals surface area contributed by atoms with Gasteiger partial charge in [0.2, 0.25) is 0 Å². The molecular weight excluding hydrogens is 508 g/mol. The van der Waals surface area contributed by atoms with Gasteiger partial charge >= 0.3 is 0 Å². The lowest BCUT2D eigenvalue weighted by molar-refractivity contribution is 0.0529. The third-order valence-electron chi connectivity index (χ3n) is 5.36. The molecule has 8 heteroatoms. The highest BCUT2D eigenvalue weighted by Crippen LogP contribution is 2.23. The minimum Gasteiger partial charge on any atom is -0.375 e. The van der Waals surface area contributed by atoms with Crippen LogP contribution in [0, 0.1) is 5.82 Å². The molecule has 170 valence electrons. The minimum atomic E-state index is -0.240. The van der Waals surface area contributed by atoms with Crippen LogP contribution in [0.4, 0.5) is 10.2 Å². The van der Waals surface area contributed by atoms with Crippen LogP contribution in [0.1, 0.15) is 31.9 Å². The fourth-order valence-electron chi connectivity index (χ4n) is 3.49. The molecule has 0 spiro atoms. The van der Waals surface area contributed by atoms with Crippen molar-refractivity contribution in [3.05, 3.63) is 59.5 Å². The normalized spacial score (nSPS) is 17.1. The lowest BCUT2D eigenvalue weighted by Gasteiger charge is -2.32. The topological polar surface area (TPSA) is 61.8 Å². The molecule has 1 saturated heterocycles. The van der Waals surface area contributed by atoms with Crippen molar-refractivity contribution in [3.8, 4) is 0 Å². The molecule has 0 radical (unpaired) electrons. The fraction of sp³-hybridized carbons (Fsp3) is 0.478. The molecule has 0 saturated carbocycles. The molecule has 1 unspecified atom stereocenters. The number of aliphatic imine (C=N–C) groups is 1. The Bertz CT molecular complexity index is 877. The largest absolute Gasteiger partial charge is 0.375 e. The monoisotopic (exact) mass is 541 g/mol. The Hall–Kier alpha value is -1.94. The zero-order chi connectivity index (χ0) is 21.6. The molecule has 1 aliphatic heterocycles. The van der Waals surface area contributed by atoms with Crippen molar-refractivity contribution in [3.63, 3.8) is 0 Å². The molecule has 2 heterocycles. The first-order chi connectivity index (χ1) is 14.4. The van der Waals surface area contributed by atoms with Crippen LogP contribution < -0.4 is 15.5 Å². The summed E-state index contributed by atoms with van der Waals surface area (Å²) in [6, 6.07) is 10.9. The van der Waals surface area contributed by atoms with E-state index >= 15 is 0 Å². The van der Waals surface area contributed by atoms with Gasteiger partial charge in [0.25, 0.3) is 0 Å². The first kappa shape index (κ1) is 25.3. The van der Waals surface area contributed by atoms with Gasteiger partial charge < -0.3 is 20.3 Å². The third-order valence-corrected chi connectivity index (χ3v) is 5.36. The number of pyridine rings is 1. The van der Waals surface area contributed by atoms with Gasteiger partial charge in [-0.1, -0.05) is 26.0 Å². The van der Waals surface area contributed by atoms with Gasteiger partial charge in [-0.3, -0.25) is 4.99 Å². The van der Waals surface area contributed by atoms with Crippen LogP contribution in [0.15, 0.2) is 47.6 Å². The molecule has 2 aromatic rings. The molecular formula is C23H33FIN5O. The summed E-state index contributed by atoms with van der Waals surface area (Å²) in [6.07, 6.45) is 2.06. The number of nitrogens with zero attached hydrogens (tertiary/aromatic N) is 3. The van der Waals surface area contributed by atoms with Gasteiger partial charge in [0.15, 0.2) is 5.96 Å². The summed E-state index contributed by atoms with van der Waals surface area (Å²) >= 11 is 0. The van der Waals surface area contributed by atoms with Gasteiger partial charge in [0.1, 0.15) is 11.6 Å². The lowest BCUT2D eigenvalue weighted by Crippen LogP contribution is -2.43. The van der Waals surface area contributed by atoms with Gasteiger partial charge in [-0.15, -0.1) is 24.0 Å². The fourth-order valence-corrected chi connectivity index (χ4v) is 3.49. The van der Waals surface area contributed by atoms with Crippen molar-refractivity contribution in [2.24, 2.45) is 4.99 Å². The third kappa shape index (κ3) is 7.31. The van der Waals surface area contributed by atoms with Crippen molar-refractivity contribution in [2.45, 2.75) is 38.8 Å². The summed E-state index contributed by atoms with van der Waals surface area (Å²) in [5.41, 5.74) is 1.84. The zero-order valence-electron chi connectivity index (χ0n) is 18.7. The number of halogens is 2. The van der Waals surface area contributed by atoms with E-state index in [9.17, 15) is 4.39 Å². The van der Waals surface area contributed by atoms with E-state index in [0.29, 0.717) is 19.0 Å². The maximum absolute atomic E-state index is 13.6. The molecule has 1 atom stereocenters. The van der Waals surface area contributed by atoms with Crippen LogP contribution in [0.2, 0.25) is 0 Å². The number of morpholine rings is 1. The highest BCUT2D eigenvalue weighted by molar-refractivity contribution is 14.0. The van der Waals surface area contributed by atoms with E-state index in [0.717, 1.165) is 36.6 Å². The predicted molar refractivity (Wildman–Crippen MR) is 135 cm³/mol. The summed E-state index contributed by atoms with van der Waals surface area (Å²) in [5.74, 6) is 1.46. The number of benzene rings is 1. The summed E-state index contributed by atoms with van der Waals surface area (Å²) in [5, 5.41) is 6.71. The maximum Gasteiger partial charge on any atom is 0.191 e. The van der Waals surface area contributed by atoms with Gasteiger partial charge in [0, 0.05) is 44.8 Å². The van der Waals surface area contributed by atoms with Crippen LogP contribution in [-0.4, -0.2) is 50.3 Å². The van der Waals surface area contributed by atoms with Crippen molar-refractivity contribution in [1.29, 1.82) is 0 Å². The summed E-state index contributed by atoms with van der Waals surface area (Å²) in [6.45, 7) is 9.94. The number of hydrogen-bond acceptors (Lipinski definition) is 4. The number of anilines is 1. The number of rotatable bonds is 6. The quantitative estimate of drug-likeness (QED) is 0.332. The number of ether oxygens (including phenoxy) is 1. The van der Waals surface area contributed by atoms with E-state index in [1.165, 1.54) is 6.07 Å². The molecule has 1 fully saturated rings. The lowest BCUT2D eigenvalue weighted by atomic mass is 9.84. The molecule has 1 aromatic heterocycles. The first-order valence-electron chi connectivity index (χ1n) is 10.4. The van der Waals surface area contributed by atoms with Gasteiger partial charge in [0.05, 0.1) is 12.7 Å². The maximum atomic E-state index is 13.6. The summed E-state index contributed by atoms with van der Waals surface area (Å²) in [7, 11) is 1.75. The number of nitrogens with one attached hydrogen (secondary N) is 2. The van der Waals surface area contributed by atoms with Gasteiger partial charge in [-0.25, -0.2) is 9.37 Å². The van der Waals surface area contributed by atoms with E-state index in [1.54, 1.807) is 19.2 Å². The molecule has 0 aliphatic carbocycles. The molecule has 3 rings (SSSR count). The Morgan fingerprint density at radius 3 is 2.81 bits per heavy atom. The molecule has 2 N–H and O–H groups in total. The second-order valence-corrected chi connectivity index (χ2v) is 8.32. The predicted octanol–water partition coefficient (Wildman–Crippen LogP) is 3.71. The van der Waals surface area contributed by atoms with Gasteiger partial charge in [-0.05, 0) is 42.3 Å². The molecule has 1 aliphatic rings. The molecule has 0 bridgehead atoms. The van der Waals surface area contributed by atoms with Crippen LogP contribution in [0.25, 0.3) is 0 Å². The Morgan fingerprint density at radius 1 is 1.29 bits per heavy atom. The van der Waals surface area contributed by atoms with E-state index < -0.39 is 0 Å². The van der Waals surface area contributed by atoms with E-state index in [4.69, 9.17) is 4.74 Å². The minimum absolute atomic E-state index is 0. The average Bonchev–Trinajstić information content (AvgIpc) is 2.74. The summed E-state index contributed by atoms with van der Waals surface area (Å²) in [4.78, 5) is 11.1. The van der Waals surface area contributed by atoms with Crippen LogP contribution in [0.5, 0.6) is 0 Å². The second kappa shape index (κ2) is 11.6. The van der Waals surface area contributed by atoms with E-state index in [1.807, 2.05) is 18.3 Å². The Morgan fingerprint density at radius 2 is 2.10 bits per heavy atom. The Kier molecular flexibility index (Phi) is 9.49. The van der Waals surface area contributed by atoms with Crippen LogP contribution in [0.3, 0.4) is 0 Å². The van der Waals surface area contributed by atoms with Crippen molar-refractivity contribution in [2.75, 3.05) is 38.2 Å². The van der Waals surface area contributed by atoms with E-state index in [-0.39, 0.29) is 41.3 Å². The summed E-state index contributed by atoms with van der Waals surface area (Å²) < 4.78 is 19.2. The second-order valence-electron chi connectivity index (χ2n) is 8.32. The Labute approximate surface area is 201 Å². The molecule has 1 aromatic carbocycles. The number of guanidine groups is 1. The highest BCUT2D eigenvalue weighted by Gasteiger charge is 2.21. The number of hydrogen-bond donors (Lipinski definition) is 2. The molecule has 31 heavy (non-hydrogen) atoms. The number of aromatic nitrogens is 1. The van der Waals surface area contributed by atoms with Crippen molar-refractivity contribution >= 4 is 35.8 Å². The smallest absolute Gasteiger partial charge is 0.191 e. The van der Waals surface area contributed by atoms with Crippen molar-refractivity contribution < 1.29 is 9.13 Å². The van der Waals surface area contributed by atoms with Gasteiger partial charge in [-0.2, -0.15) is 0 Å². The first-order valence-corrected chi connectivity index (χ1v) is 10.4. The standard InChI is InChI=1S/C23H32FN5O.HI/c1-17-15-29(10-11-30-17)21-12-18(8-9-26-21)14-27-22(25-4)28-16-23(2,3)19-6-5-7-20(24)13-19;/h5-9,12-13,17H,10-11,14-16H2,1-4H3,(H2,25,27,28);1H. The highest BCUT2D eigenvalue weighted by atomic mass is 127. The zero-order valence-corrected chi connectivity index (χ0v) is 21.0. The SMILES string of the molecule is CN=C(NCc1ccnc(N2CCOC(C)C2)c1)NCC(C)(C)c1cccc(F)c1.I. The van der Waals surface area contributed by atoms with Crippen LogP contribution >= 0.6 is 24.0 Å². The van der Waals surface area contributed by atoms with Crippen LogP contribution in [-0.2, 0) is 16.7 Å². The Balaban J connectivity index is 0.00000341. The van der Waals surface area contributed by atoms with Crippen molar-refractivity contribution in [1.82, 2.24) is 15.6 Å². The molecule has 6 nitrogen and oxygen atoms in total.